The first-order valence-electron chi connectivity index (χ1n) is 9.34. The Morgan fingerprint density at radius 3 is 2.67 bits per heavy atom. The summed E-state index contributed by atoms with van der Waals surface area (Å²) in [4.78, 5) is 15.4. The van der Waals surface area contributed by atoms with Gasteiger partial charge in [-0.3, -0.25) is 4.79 Å². The maximum absolute atomic E-state index is 12.4. The molecular formula is C19H31N3O2+2. The molecule has 5 nitrogen and oxygen atoms in total. The molecule has 0 unspecified atom stereocenters. The Bertz CT molecular complexity index is 509. The molecule has 24 heavy (non-hydrogen) atoms. The topological polar surface area (TPSA) is 47.2 Å². The van der Waals surface area contributed by atoms with Crippen LogP contribution >= 0.6 is 0 Å². The highest BCUT2D eigenvalue weighted by Crippen LogP contribution is 2.10. The number of carbonyl (C=O) groups excluding carboxylic acids is 1. The van der Waals surface area contributed by atoms with E-state index < -0.39 is 0 Å². The van der Waals surface area contributed by atoms with Crippen LogP contribution in [0, 0.1) is 0 Å². The minimum absolute atomic E-state index is 0.0321. The molecule has 2 fully saturated rings. The van der Waals surface area contributed by atoms with Crippen molar-refractivity contribution in [3.63, 3.8) is 0 Å². The van der Waals surface area contributed by atoms with E-state index in [1.54, 1.807) is 4.90 Å². The van der Waals surface area contributed by atoms with E-state index in [0.29, 0.717) is 6.54 Å². The quantitative estimate of drug-likeness (QED) is 0.603. The molecule has 3 N–H and O–H groups in total. The number of hydrogen-bond donors (Lipinski definition) is 3. The van der Waals surface area contributed by atoms with Gasteiger partial charge >= 0.3 is 0 Å². The molecule has 2 heterocycles. The molecule has 132 valence electrons. The Morgan fingerprint density at radius 1 is 1.25 bits per heavy atom. The van der Waals surface area contributed by atoms with Gasteiger partial charge in [-0.15, -0.1) is 0 Å². The lowest BCUT2D eigenvalue weighted by atomic mass is 10.1. The summed E-state index contributed by atoms with van der Waals surface area (Å²) in [5.74, 6) is 0.173. The number of ether oxygens (including phenoxy) is 1. The van der Waals surface area contributed by atoms with E-state index in [4.69, 9.17) is 4.74 Å². The van der Waals surface area contributed by atoms with Gasteiger partial charge in [0, 0.05) is 18.7 Å². The van der Waals surface area contributed by atoms with Gasteiger partial charge in [-0.1, -0.05) is 30.3 Å². The SMILES string of the molecule is C[C@H](C(=O)NC[C@H]1CCCO1)[NH+]1CC[NH+](Cc2ccccc2)CC1. The summed E-state index contributed by atoms with van der Waals surface area (Å²) in [7, 11) is 0. The lowest BCUT2D eigenvalue weighted by molar-refractivity contribution is -1.02. The van der Waals surface area contributed by atoms with Crippen LogP contribution in [0.2, 0.25) is 0 Å². The Kier molecular flexibility index (Phi) is 6.24. The highest BCUT2D eigenvalue weighted by atomic mass is 16.5. The first-order valence-corrected chi connectivity index (χ1v) is 9.34. The zero-order valence-electron chi connectivity index (χ0n) is 14.7. The lowest BCUT2D eigenvalue weighted by Gasteiger charge is -2.32. The highest BCUT2D eigenvalue weighted by Gasteiger charge is 2.31. The van der Waals surface area contributed by atoms with Crippen molar-refractivity contribution in [1.82, 2.24) is 5.32 Å². The first-order chi connectivity index (χ1) is 11.7. The van der Waals surface area contributed by atoms with Crippen LogP contribution in [0.3, 0.4) is 0 Å². The van der Waals surface area contributed by atoms with Crippen molar-refractivity contribution in [2.75, 3.05) is 39.3 Å². The molecular weight excluding hydrogens is 302 g/mol. The lowest BCUT2D eigenvalue weighted by Crippen LogP contribution is -3.29. The van der Waals surface area contributed by atoms with Gasteiger partial charge in [0.15, 0.2) is 6.04 Å². The highest BCUT2D eigenvalue weighted by molar-refractivity contribution is 5.79. The van der Waals surface area contributed by atoms with Crippen molar-refractivity contribution < 1.29 is 19.3 Å². The van der Waals surface area contributed by atoms with Gasteiger partial charge in [0.25, 0.3) is 5.91 Å². The van der Waals surface area contributed by atoms with Crippen LogP contribution in [-0.4, -0.2) is 57.4 Å². The van der Waals surface area contributed by atoms with E-state index in [2.05, 4.69) is 42.6 Å². The van der Waals surface area contributed by atoms with E-state index >= 15 is 0 Å². The maximum Gasteiger partial charge on any atom is 0.278 e. The van der Waals surface area contributed by atoms with Crippen LogP contribution in [0.5, 0.6) is 0 Å². The molecule has 2 atom stereocenters. The number of amides is 1. The van der Waals surface area contributed by atoms with Gasteiger partial charge in [0.2, 0.25) is 0 Å². The van der Waals surface area contributed by atoms with Crippen LogP contribution in [0.4, 0.5) is 0 Å². The summed E-state index contributed by atoms with van der Waals surface area (Å²) in [6.45, 7) is 9.06. The molecule has 0 spiro atoms. The summed E-state index contributed by atoms with van der Waals surface area (Å²) < 4.78 is 5.57. The molecule has 0 saturated carbocycles. The number of quaternary nitrogens is 2. The third-order valence-electron chi connectivity index (χ3n) is 5.43. The molecule has 0 radical (unpaired) electrons. The van der Waals surface area contributed by atoms with Gasteiger partial charge in [0.1, 0.15) is 32.7 Å². The molecule has 1 aromatic rings. The fraction of sp³-hybridized carbons (Fsp3) is 0.632. The number of rotatable bonds is 6. The first kappa shape index (κ1) is 17.4. The van der Waals surface area contributed by atoms with Crippen LogP contribution in [0.25, 0.3) is 0 Å². The van der Waals surface area contributed by atoms with Gasteiger partial charge < -0.3 is 19.9 Å². The average Bonchev–Trinajstić information content (AvgIpc) is 3.14. The van der Waals surface area contributed by atoms with E-state index in [1.165, 1.54) is 10.5 Å². The molecule has 1 amide bonds. The second-order valence-corrected chi connectivity index (χ2v) is 7.17. The molecule has 2 saturated heterocycles. The van der Waals surface area contributed by atoms with Crippen LogP contribution in [0.1, 0.15) is 25.3 Å². The Balaban J connectivity index is 1.39. The fourth-order valence-electron chi connectivity index (χ4n) is 3.78. The van der Waals surface area contributed by atoms with Crippen molar-refractivity contribution in [3.05, 3.63) is 35.9 Å². The predicted octanol–water partition coefficient (Wildman–Crippen LogP) is -1.35. The van der Waals surface area contributed by atoms with Crippen molar-refractivity contribution >= 4 is 5.91 Å². The van der Waals surface area contributed by atoms with Crippen LogP contribution < -0.4 is 15.1 Å². The maximum atomic E-state index is 12.4. The number of carbonyl (C=O) groups is 1. The molecule has 0 aromatic heterocycles. The summed E-state index contributed by atoms with van der Waals surface area (Å²) in [6.07, 6.45) is 2.42. The molecule has 1 aromatic carbocycles. The zero-order valence-corrected chi connectivity index (χ0v) is 14.7. The van der Waals surface area contributed by atoms with Gasteiger partial charge in [-0.2, -0.15) is 0 Å². The van der Waals surface area contributed by atoms with E-state index in [9.17, 15) is 4.79 Å². The minimum atomic E-state index is 0.0321. The molecule has 2 aliphatic rings. The van der Waals surface area contributed by atoms with Crippen molar-refractivity contribution in [3.8, 4) is 0 Å². The second-order valence-electron chi connectivity index (χ2n) is 7.17. The Hall–Kier alpha value is -1.43. The standard InChI is InChI=1S/C19H29N3O2/c1-16(19(23)20-14-18-8-5-13-24-18)22-11-9-21(10-12-22)15-17-6-3-2-4-7-17/h2-4,6-7,16,18H,5,8-15H2,1H3,(H,20,23)/p+2/t16-,18-/m1/s1. The smallest absolute Gasteiger partial charge is 0.278 e. The van der Waals surface area contributed by atoms with Crippen molar-refractivity contribution in [2.24, 2.45) is 0 Å². The van der Waals surface area contributed by atoms with Crippen LogP contribution in [-0.2, 0) is 16.1 Å². The number of benzene rings is 1. The van der Waals surface area contributed by atoms with Gasteiger partial charge in [-0.05, 0) is 19.8 Å². The number of piperazine rings is 1. The minimum Gasteiger partial charge on any atom is -0.376 e. The second kappa shape index (κ2) is 8.60. The predicted molar refractivity (Wildman–Crippen MR) is 93.0 cm³/mol. The largest absolute Gasteiger partial charge is 0.376 e. The zero-order chi connectivity index (χ0) is 16.8. The van der Waals surface area contributed by atoms with Gasteiger partial charge in [-0.25, -0.2) is 0 Å². The Morgan fingerprint density at radius 2 is 2.00 bits per heavy atom. The third kappa shape index (κ3) is 4.79. The van der Waals surface area contributed by atoms with Crippen LogP contribution in [0.15, 0.2) is 30.3 Å². The van der Waals surface area contributed by atoms with E-state index in [-0.39, 0.29) is 18.1 Å². The molecule has 0 bridgehead atoms. The summed E-state index contributed by atoms with van der Waals surface area (Å²) in [6, 6.07) is 10.7. The van der Waals surface area contributed by atoms with E-state index in [0.717, 1.165) is 52.2 Å². The number of hydrogen-bond acceptors (Lipinski definition) is 2. The molecule has 3 rings (SSSR count). The summed E-state index contributed by atoms with van der Waals surface area (Å²) in [5.41, 5.74) is 1.40. The van der Waals surface area contributed by atoms with Gasteiger partial charge in [0.05, 0.1) is 6.10 Å². The van der Waals surface area contributed by atoms with Crippen molar-refractivity contribution in [2.45, 2.75) is 38.5 Å². The fourth-order valence-corrected chi connectivity index (χ4v) is 3.78. The van der Waals surface area contributed by atoms with E-state index in [1.807, 2.05) is 0 Å². The number of nitrogens with one attached hydrogen (secondary N) is 3. The van der Waals surface area contributed by atoms with Crippen molar-refractivity contribution in [1.29, 1.82) is 0 Å². The summed E-state index contributed by atoms with van der Waals surface area (Å²) in [5, 5.41) is 3.08. The molecule has 0 aliphatic carbocycles. The summed E-state index contributed by atoms with van der Waals surface area (Å²) >= 11 is 0. The monoisotopic (exact) mass is 333 g/mol. The Labute approximate surface area is 145 Å². The normalized spacial score (nSPS) is 28.5. The average molecular weight is 333 g/mol. The molecule has 2 aliphatic heterocycles. The third-order valence-corrected chi connectivity index (χ3v) is 5.43. The molecule has 5 heteroatoms.